The molecule has 0 amide bonds. The van der Waals surface area contributed by atoms with E-state index >= 15 is 0 Å². The summed E-state index contributed by atoms with van der Waals surface area (Å²) in [7, 11) is 3.74. The van der Waals surface area contributed by atoms with Gasteiger partial charge < -0.3 is 4.90 Å². The smallest absolute Gasteiger partial charge is 0.206 e. The van der Waals surface area contributed by atoms with Gasteiger partial charge in [0.1, 0.15) is 16.4 Å². The Kier molecular flexibility index (Phi) is 3.88. The predicted molar refractivity (Wildman–Crippen MR) is 75.1 cm³/mol. The fourth-order valence-corrected chi connectivity index (χ4v) is 2.71. The molecule has 4 nitrogen and oxygen atoms in total. The zero-order valence-corrected chi connectivity index (χ0v) is 12.0. The van der Waals surface area contributed by atoms with Crippen molar-refractivity contribution in [1.82, 2.24) is 14.9 Å². The first-order valence-corrected chi connectivity index (χ1v) is 7.09. The molecule has 6 heteroatoms. The van der Waals surface area contributed by atoms with Gasteiger partial charge >= 0.3 is 0 Å². The van der Waals surface area contributed by atoms with Crippen molar-refractivity contribution in [2.24, 2.45) is 0 Å². The third kappa shape index (κ3) is 3.02. The summed E-state index contributed by atoms with van der Waals surface area (Å²) in [6, 6.07) is 0. The van der Waals surface area contributed by atoms with E-state index in [1.54, 1.807) is 22.9 Å². The standard InChI is InChI=1S/C12H13N3OS2/c1-8-13-10(7-17-8)12-14-9(6-18-12)11(16)4-5-15(2)3/h4-7H,1-3H3. The van der Waals surface area contributed by atoms with E-state index in [9.17, 15) is 4.79 Å². The van der Waals surface area contributed by atoms with Crippen LogP contribution in [0.2, 0.25) is 0 Å². The highest BCUT2D eigenvalue weighted by atomic mass is 32.1. The number of carbonyl (C=O) groups is 1. The van der Waals surface area contributed by atoms with Gasteiger partial charge in [0.25, 0.3) is 0 Å². The van der Waals surface area contributed by atoms with Crippen molar-refractivity contribution in [2.45, 2.75) is 6.92 Å². The van der Waals surface area contributed by atoms with Crippen LogP contribution in [-0.4, -0.2) is 34.7 Å². The summed E-state index contributed by atoms with van der Waals surface area (Å²) in [5.41, 5.74) is 1.32. The van der Waals surface area contributed by atoms with Crippen LogP contribution in [0.3, 0.4) is 0 Å². The van der Waals surface area contributed by atoms with E-state index in [1.165, 1.54) is 17.4 Å². The molecule has 0 saturated carbocycles. The Morgan fingerprint density at radius 2 is 2.06 bits per heavy atom. The van der Waals surface area contributed by atoms with E-state index in [0.717, 1.165) is 15.7 Å². The molecule has 0 bridgehead atoms. The van der Waals surface area contributed by atoms with Crippen LogP contribution >= 0.6 is 22.7 Å². The summed E-state index contributed by atoms with van der Waals surface area (Å²) < 4.78 is 0. The minimum Gasteiger partial charge on any atom is -0.383 e. The highest BCUT2D eigenvalue weighted by molar-refractivity contribution is 7.14. The van der Waals surface area contributed by atoms with Crippen LogP contribution in [0.4, 0.5) is 0 Å². The van der Waals surface area contributed by atoms with E-state index in [-0.39, 0.29) is 5.78 Å². The lowest BCUT2D eigenvalue weighted by Gasteiger charge is -2.01. The largest absolute Gasteiger partial charge is 0.383 e. The average molecular weight is 279 g/mol. The number of ketones is 1. The molecule has 2 aromatic rings. The van der Waals surface area contributed by atoms with E-state index in [1.807, 2.05) is 31.3 Å². The van der Waals surface area contributed by atoms with Crippen molar-refractivity contribution < 1.29 is 4.79 Å². The Morgan fingerprint density at radius 1 is 1.28 bits per heavy atom. The number of allylic oxidation sites excluding steroid dienone is 1. The summed E-state index contributed by atoms with van der Waals surface area (Å²) in [4.78, 5) is 22.3. The fourth-order valence-electron chi connectivity index (χ4n) is 1.27. The molecule has 0 radical (unpaired) electrons. The van der Waals surface area contributed by atoms with Crippen LogP contribution in [0, 0.1) is 6.92 Å². The quantitative estimate of drug-likeness (QED) is 0.638. The van der Waals surface area contributed by atoms with Gasteiger partial charge in [-0.25, -0.2) is 9.97 Å². The van der Waals surface area contributed by atoms with Crippen molar-refractivity contribution in [3.63, 3.8) is 0 Å². The van der Waals surface area contributed by atoms with Crippen LogP contribution in [0.1, 0.15) is 15.5 Å². The maximum absolute atomic E-state index is 11.8. The third-order valence-electron chi connectivity index (χ3n) is 2.12. The summed E-state index contributed by atoms with van der Waals surface area (Å²) in [6.07, 6.45) is 3.24. The van der Waals surface area contributed by atoms with Gasteiger partial charge in [0, 0.05) is 37.1 Å². The van der Waals surface area contributed by atoms with Gasteiger partial charge in [-0.1, -0.05) is 0 Å². The summed E-state index contributed by atoms with van der Waals surface area (Å²) in [6.45, 7) is 1.95. The fraction of sp³-hybridized carbons (Fsp3) is 0.250. The first-order valence-electron chi connectivity index (χ1n) is 5.33. The average Bonchev–Trinajstić information content (AvgIpc) is 2.93. The normalized spacial score (nSPS) is 11.1. The second kappa shape index (κ2) is 5.41. The van der Waals surface area contributed by atoms with Crippen LogP contribution in [0.15, 0.2) is 23.0 Å². The Morgan fingerprint density at radius 3 is 2.67 bits per heavy atom. The van der Waals surface area contributed by atoms with Crippen molar-refractivity contribution in [1.29, 1.82) is 0 Å². The molecule has 94 valence electrons. The second-order valence-corrected chi connectivity index (χ2v) is 5.85. The number of rotatable bonds is 4. The van der Waals surface area contributed by atoms with Gasteiger partial charge in [-0.05, 0) is 6.92 Å². The van der Waals surface area contributed by atoms with Gasteiger partial charge in [0.15, 0.2) is 0 Å². The molecule has 0 spiro atoms. The van der Waals surface area contributed by atoms with E-state index in [4.69, 9.17) is 0 Å². The molecule has 2 aromatic heterocycles. The van der Waals surface area contributed by atoms with Crippen LogP contribution in [0.25, 0.3) is 10.7 Å². The molecule has 0 saturated heterocycles. The number of aryl methyl sites for hydroxylation is 1. The Hall–Kier alpha value is -1.53. The first-order chi connectivity index (χ1) is 8.56. The molecule has 2 rings (SSSR count). The highest BCUT2D eigenvalue weighted by Gasteiger charge is 2.11. The first kappa shape index (κ1) is 12.9. The second-order valence-electron chi connectivity index (χ2n) is 3.93. The van der Waals surface area contributed by atoms with Crippen molar-refractivity contribution >= 4 is 28.5 Å². The number of hydrogen-bond donors (Lipinski definition) is 0. The molecule has 2 heterocycles. The van der Waals surface area contributed by atoms with Gasteiger partial charge in [-0.3, -0.25) is 4.79 Å². The minimum absolute atomic E-state index is 0.0850. The third-order valence-corrected chi connectivity index (χ3v) is 3.76. The predicted octanol–water partition coefficient (Wildman–Crippen LogP) is 2.83. The summed E-state index contributed by atoms with van der Waals surface area (Å²) >= 11 is 3.02. The molecule has 0 aliphatic rings. The van der Waals surface area contributed by atoms with Crippen LogP contribution < -0.4 is 0 Å². The molecule has 0 N–H and O–H groups in total. The van der Waals surface area contributed by atoms with Gasteiger partial charge in [-0.2, -0.15) is 0 Å². The maximum Gasteiger partial charge on any atom is 0.206 e. The highest BCUT2D eigenvalue weighted by Crippen LogP contribution is 2.25. The lowest BCUT2D eigenvalue weighted by molar-refractivity contribution is 0.104. The van der Waals surface area contributed by atoms with Gasteiger partial charge in [0.05, 0.1) is 5.01 Å². The number of hydrogen-bond acceptors (Lipinski definition) is 6. The minimum atomic E-state index is -0.0850. The molecule has 0 fully saturated rings. The number of thiazole rings is 2. The van der Waals surface area contributed by atoms with Crippen molar-refractivity contribution in [3.05, 3.63) is 33.7 Å². The van der Waals surface area contributed by atoms with Gasteiger partial charge in [-0.15, -0.1) is 22.7 Å². The molecule has 0 aliphatic heterocycles. The zero-order chi connectivity index (χ0) is 13.1. The van der Waals surface area contributed by atoms with E-state index in [0.29, 0.717) is 5.69 Å². The Balaban J connectivity index is 2.18. The maximum atomic E-state index is 11.8. The van der Waals surface area contributed by atoms with E-state index < -0.39 is 0 Å². The molecule has 0 aliphatic carbocycles. The number of carbonyl (C=O) groups excluding carboxylic acids is 1. The molecule has 0 aromatic carbocycles. The topological polar surface area (TPSA) is 46.1 Å². The summed E-state index contributed by atoms with van der Waals surface area (Å²) in [5.74, 6) is -0.0850. The molecular formula is C12H13N3OS2. The lowest BCUT2D eigenvalue weighted by atomic mass is 10.3. The van der Waals surface area contributed by atoms with Gasteiger partial charge in [0.2, 0.25) is 5.78 Å². The molecule has 0 atom stereocenters. The molecular weight excluding hydrogens is 266 g/mol. The SMILES string of the molecule is Cc1nc(-c2nc(C(=O)C=CN(C)C)cs2)cs1. The monoisotopic (exact) mass is 279 g/mol. The van der Waals surface area contributed by atoms with Crippen molar-refractivity contribution in [2.75, 3.05) is 14.1 Å². The van der Waals surface area contributed by atoms with Crippen LogP contribution in [0.5, 0.6) is 0 Å². The Labute approximate surface area is 114 Å². The number of nitrogens with zero attached hydrogens (tertiary/aromatic N) is 3. The molecule has 0 unspecified atom stereocenters. The lowest BCUT2D eigenvalue weighted by Crippen LogP contribution is -2.03. The van der Waals surface area contributed by atoms with E-state index in [2.05, 4.69) is 9.97 Å². The van der Waals surface area contributed by atoms with Crippen molar-refractivity contribution in [3.8, 4) is 10.7 Å². The Bertz CT molecular complexity index is 584. The zero-order valence-electron chi connectivity index (χ0n) is 10.4. The number of aromatic nitrogens is 2. The van der Waals surface area contributed by atoms with Crippen LogP contribution in [-0.2, 0) is 0 Å². The molecule has 18 heavy (non-hydrogen) atoms. The summed E-state index contributed by atoms with van der Waals surface area (Å²) in [5, 5.41) is 5.52.